The molecule has 0 atom stereocenters. The fraction of sp³-hybridized carbons (Fsp3) is 0.286. The maximum atomic E-state index is 13.0. The highest BCUT2D eigenvalue weighted by molar-refractivity contribution is 7.10. The molecular weight excluding hydrogens is 235 g/mol. The third-order valence-corrected chi connectivity index (χ3v) is 3.91. The van der Waals surface area contributed by atoms with E-state index in [0.717, 1.165) is 21.6 Å². The van der Waals surface area contributed by atoms with Gasteiger partial charge in [0.25, 0.3) is 0 Å². The van der Waals surface area contributed by atoms with Crippen LogP contribution in [0, 0.1) is 5.82 Å². The predicted molar refractivity (Wildman–Crippen MR) is 69.7 cm³/mol. The summed E-state index contributed by atoms with van der Waals surface area (Å²) in [6, 6.07) is 6.08. The van der Waals surface area contributed by atoms with Gasteiger partial charge >= 0.3 is 0 Å². The Balaban J connectivity index is 2.58. The van der Waals surface area contributed by atoms with Crippen molar-refractivity contribution in [2.45, 2.75) is 26.4 Å². The van der Waals surface area contributed by atoms with Crippen LogP contribution in [0.3, 0.4) is 0 Å². The van der Waals surface area contributed by atoms with Gasteiger partial charge in [-0.05, 0) is 40.1 Å². The number of benzene rings is 1. The average molecular weight is 252 g/mol. The summed E-state index contributed by atoms with van der Waals surface area (Å²) in [6.45, 7) is 4.25. The molecule has 3 heteroatoms. The molecule has 0 aliphatic heterocycles. The summed E-state index contributed by atoms with van der Waals surface area (Å²) in [7, 11) is 0. The van der Waals surface area contributed by atoms with Crippen LogP contribution < -0.4 is 0 Å². The Labute approximate surface area is 107 Å². The van der Waals surface area contributed by atoms with Crippen LogP contribution in [0.1, 0.15) is 31.6 Å². The minimum absolute atomic E-state index is 0.148. The molecule has 17 heavy (non-hydrogen) atoms. The first-order valence-corrected chi connectivity index (χ1v) is 6.32. The topological polar surface area (TPSA) is 20.2 Å². The number of aliphatic hydroxyl groups excluding tert-OH is 1. The maximum Gasteiger partial charge on any atom is 0.211 e. The third kappa shape index (κ3) is 2.40. The molecule has 1 nitrogen and oxygen atoms in total. The highest BCUT2D eigenvalue weighted by atomic mass is 32.1. The number of aliphatic hydroxyl groups is 1. The Morgan fingerprint density at radius 2 is 2.12 bits per heavy atom. The smallest absolute Gasteiger partial charge is 0.211 e. The highest BCUT2D eigenvalue weighted by Crippen LogP contribution is 2.35. The Kier molecular flexibility index (Phi) is 2.87. The van der Waals surface area contributed by atoms with Gasteiger partial charge in [-0.25, -0.2) is 4.39 Å². The van der Waals surface area contributed by atoms with E-state index in [9.17, 15) is 4.39 Å². The summed E-state index contributed by atoms with van der Waals surface area (Å²) in [5.74, 6) is -0.0265. The number of hydrogen-bond acceptors (Lipinski definition) is 2. The minimum Gasteiger partial charge on any atom is -0.392 e. The fourth-order valence-electron chi connectivity index (χ4n) is 1.81. The second-order valence-electron chi connectivity index (χ2n) is 4.23. The van der Waals surface area contributed by atoms with E-state index in [0.29, 0.717) is 5.36 Å². The van der Waals surface area contributed by atoms with Crippen LogP contribution in [0.25, 0.3) is 11.1 Å². The van der Waals surface area contributed by atoms with Gasteiger partial charge in [0, 0.05) is 4.88 Å². The van der Waals surface area contributed by atoms with Gasteiger partial charge in [-0.3, -0.25) is 0 Å². The zero-order valence-corrected chi connectivity index (χ0v) is 10.6. The van der Waals surface area contributed by atoms with Crippen molar-refractivity contribution in [3.8, 4) is 11.1 Å². The van der Waals surface area contributed by atoms with Crippen molar-refractivity contribution in [2.75, 3.05) is 0 Å². The highest BCUT2D eigenvalue weighted by Gasteiger charge is 2.14. The van der Waals surface area contributed by atoms with Gasteiger partial charge in [-0.15, -0.1) is 11.3 Å². The lowest BCUT2D eigenvalue weighted by Gasteiger charge is -2.07. The van der Waals surface area contributed by atoms with Gasteiger partial charge in [-0.1, -0.05) is 26.0 Å². The standard InChI is InChI=1S/C14H15FOS/c1-9(2)14-12(7-16)13(8-17-14)10-3-5-11(15)6-4-10/h3-6,8-9,16H,7H2,1-2H3/i8D,16D. The molecule has 1 aromatic heterocycles. The van der Waals surface area contributed by atoms with Crippen molar-refractivity contribution < 1.29 is 10.9 Å². The second-order valence-corrected chi connectivity index (χ2v) is 5.08. The lowest BCUT2D eigenvalue weighted by Crippen LogP contribution is -1.92. The molecule has 0 aliphatic carbocycles. The van der Waals surface area contributed by atoms with E-state index in [1.807, 2.05) is 13.8 Å². The predicted octanol–water partition coefficient (Wildman–Crippen LogP) is 4.17. The zero-order chi connectivity index (χ0) is 14.0. The Morgan fingerprint density at radius 1 is 1.41 bits per heavy atom. The van der Waals surface area contributed by atoms with Crippen LogP contribution in [0.15, 0.2) is 29.6 Å². The molecule has 0 aliphatic rings. The van der Waals surface area contributed by atoms with E-state index >= 15 is 0 Å². The molecule has 0 amide bonds. The van der Waals surface area contributed by atoms with Gasteiger partial charge in [0.05, 0.1) is 7.98 Å². The Hall–Kier alpha value is -1.19. The van der Waals surface area contributed by atoms with Crippen LogP contribution in [-0.4, -0.2) is 6.54 Å². The van der Waals surface area contributed by atoms with Crippen molar-refractivity contribution in [2.24, 2.45) is 0 Å². The largest absolute Gasteiger partial charge is 0.392 e. The molecule has 0 fully saturated rings. The minimum atomic E-state index is -0.298. The van der Waals surface area contributed by atoms with Gasteiger partial charge in [0.15, 0.2) is 0 Å². The van der Waals surface area contributed by atoms with Crippen LogP contribution in [0.5, 0.6) is 0 Å². The van der Waals surface area contributed by atoms with E-state index in [1.54, 1.807) is 12.1 Å². The molecule has 0 unspecified atom stereocenters. The monoisotopic (exact) mass is 252 g/mol. The van der Waals surface area contributed by atoms with Crippen LogP contribution >= 0.6 is 11.3 Å². The fourth-order valence-corrected chi connectivity index (χ4v) is 2.78. The summed E-state index contributed by atoms with van der Waals surface area (Å²) in [4.78, 5) is 1.05. The molecule has 1 N–H and O–H groups in total. The third-order valence-electron chi connectivity index (χ3n) is 2.66. The van der Waals surface area contributed by atoms with Crippen LogP contribution in [-0.2, 0) is 6.61 Å². The van der Waals surface area contributed by atoms with Crippen LogP contribution in [0.4, 0.5) is 4.39 Å². The van der Waals surface area contributed by atoms with Crippen molar-refractivity contribution >= 4 is 11.3 Å². The van der Waals surface area contributed by atoms with Gasteiger partial charge in [0.2, 0.25) is 1.43 Å². The summed E-state index contributed by atoms with van der Waals surface area (Å²) >= 11 is 1.40. The van der Waals surface area contributed by atoms with Gasteiger partial charge in [-0.2, -0.15) is 0 Å². The summed E-state index contributed by atoms with van der Waals surface area (Å²) < 4.78 is 28.1. The molecule has 0 saturated carbocycles. The summed E-state index contributed by atoms with van der Waals surface area (Å²) in [5.41, 5.74) is 2.41. The number of halogens is 1. The molecule has 90 valence electrons. The molecule has 2 rings (SSSR count). The van der Waals surface area contributed by atoms with Crippen molar-refractivity contribution in [1.29, 1.82) is 1.43 Å². The maximum absolute atomic E-state index is 13.0. The molecule has 1 aromatic carbocycles. The van der Waals surface area contributed by atoms with Gasteiger partial charge in [0.1, 0.15) is 5.82 Å². The Morgan fingerprint density at radius 3 is 2.71 bits per heavy atom. The summed E-state index contributed by atoms with van der Waals surface area (Å²) in [5, 5.41) is 4.95. The molecule has 1 heterocycles. The molecule has 0 saturated heterocycles. The molecule has 2 aromatic rings. The van der Waals surface area contributed by atoms with Gasteiger partial charge < -0.3 is 5.11 Å². The lowest BCUT2D eigenvalue weighted by molar-refractivity contribution is 0.281. The Bertz CT molecular complexity index is 564. The molecule has 0 spiro atoms. The van der Waals surface area contributed by atoms with E-state index in [-0.39, 0.29) is 18.3 Å². The van der Waals surface area contributed by atoms with Crippen LogP contribution in [0.2, 0.25) is 0 Å². The van der Waals surface area contributed by atoms with E-state index in [4.69, 9.17) is 2.80 Å². The van der Waals surface area contributed by atoms with Crippen molar-refractivity contribution in [3.05, 3.63) is 45.9 Å². The van der Waals surface area contributed by atoms with E-state index in [1.165, 1.54) is 23.5 Å². The number of rotatable bonds is 4. The molecule has 0 radical (unpaired) electrons. The normalized spacial score (nSPS) is 12.7. The van der Waals surface area contributed by atoms with E-state index < -0.39 is 0 Å². The first kappa shape index (κ1) is 9.80. The van der Waals surface area contributed by atoms with Crippen molar-refractivity contribution in [1.82, 2.24) is 0 Å². The molecular formula is C14H15FOS. The first-order chi connectivity index (χ1) is 9.04. The quantitative estimate of drug-likeness (QED) is 0.866. The average Bonchev–Trinajstić information content (AvgIpc) is 2.68. The SMILES string of the molecule is [2H]OCc1c(C(C)C)sc([2H])c1-c1ccc(F)cc1. The summed E-state index contributed by atoms with van der Waals surface area (Å²) in [6.07, 6.45) is 0. The van der Waals surface area contributed by atoms with Crippen molar-refractivity contribution in [3.63, 3.8) is 0 Å². The second kappa shape index (κ2) is 4.98. The van der Waals surface area contributed by atoms with E-state index in [2.05, 4.69) is 5.11 Å². The molecule has 0 bridgehead atoms. The first-order valence-electron chi connectivity index (χ1n) is 6.41. The zero-order valence-electron chi connectivity index (χ0n) is 11.8. The number of thiophene rings is 1. The number of hydrogen-bond donors (Lipinski definition) is 1. The lowest BCUT2D eigenvalue weighted by atomic mass is 10.00.